The molecule has 0 unspecified atom stereocenters. The monoisotopic (exact) mass is 320 g/mol. The molecule has 0 radical (unpaired) electrons. The van der Waals surface area contributed by atoms with Crippen LogP contribution in [0.25, 0.3) is 0 Å². The standard InChI is InChI=1S/C12H21ClN4O2S/c1-8(14)10-5-4-6-17(7-10)20(18,19)11-9(2)15-16(3)12(11)13/h8,10H,4-7,14H2,1-3H3/t8-,10+/m0/s1. The molecule has 1 saturated heterocycles. The minimum atomic E-state index is -3.61. The van der Waals surface area contributed by atoms with Crippen LogP contribution in [0, 0.1) is 12.8 Å². The maximum atomic E-state index is 12.8. The molecule has 0 saturated carbocycles. The van der Waals surface area contributed by atoms with Crippen LogP contribution in [0.4, 0.5) is 0 Å². The summed E-state index contributed by atoms with van der Waals surface area (Å²) in [5.74, 6) is 0.189. The summed E-state index contributed by atoms with van der Waals surface area (Å²) >= 11 is 6.09. The Morgan fingerprint density at radius 2 is 2.15 bits per heavy atom. The highest BCUT2D eigenvalue weighted by Crippen LogP contribution is 2.30. The van der Waals surface area contributed by atoms with Crippen LogP contribution in [0.15, 0.2) is 4.90 Å². The third kappa shape index (κ3) is 2.72. The van der Waals surface area contributed by atoms with Crippen LogP contribution >= 0.6 is 11.6 Å². The summed E-state index contributed by atoms with van der Waals surface area (Å²) in [6.45, 7) is 4.54. The first-order chi connectivity index (χ1) is 9.25. The molecule has 1 fully saturated rings. The molecular formula is C12H21ClN4O2S. The quantitative estimate of drug-likeness (QED) is 0.905. The normalized spacial score (nSPS) is 22.9. The summed E-state index contributed by atoms with van der Waals surface area (Å²) in [7, 11) is -1.97. The van der Waals surface area contributed by atoms with Crippen molar-refractivity contribution in [1.82, 2.24) is 14.1 Å². The summed E-state index contributed by atoms with van der Waals surface area (Å²) in [6, 6.07) is -0.0153. The number of nitrogens with zero attached hydrogens (tertiary/aromatic N) is 3. The second kappa shape index (κ2) is 5.63. The predicted molar refractivity (Wildman–Crippen MR) is 78.1 cm³/mol. The van der Waals surface area contributed by atoms with Crippen molar-refractivity contribution >= 4 is 21.6 Å². The first-order valence-electron chi connectivity index (χ1n) is 6.70. The van der Waals surface area contributed by atoms with E-state index in [1.807, 2.05) is 6.92 Å². The highest BCUT2D eigenvalue weighted by molar-refractivity contribution is 7.89. The van der Waals surface area contributed by atoms with E-state index < -0.39 is 10.0 Å². The van der Waals surface area contributed by atoms with Crippen LogP contribution in [-0.2, 0) is 17.1 Å². The first-order valence-corrected chi connectivity index (χ1v) is 8.51. The van der Waals surface area contributed by atoms with Gasteiger partial charge in [-0.2, -0.15) is 9.40 Å². The van der Waals surface area contributed by atoms with Gasteiger partial charge in [-0.15, -0.1) is 0 Å². The molecule has 1 aliphatic heterocycles. The molecule has 1 aromatic heterocycles. The first kappa shape index (κ1) is 15.8. The average Bonchev–Trinajstić information content (AvgIpc) is 2.63. The summed E-state index contributed by atoms with van der Waals surface area (Å²) < 4.78 is 28.4. The van der Waals surface area contributed by atoms with E-state index in [1.165, 1.54) is 8.99 Å². The van der Waals surface area contributed by atoms with Gasteiger partial charge in [0.1, 0.15) is 10.0 Å². The molecule has 2 heterocycles. The highest BCUT2D eigenvalue weighted by Gasteiger charge is 2.35. The van der Waals surface area contributed by atoms with Gasteiger partial charge in [-0.05, 0) is 32.6 Å². The number of nitrogens with two attached hydrogens (primary N) is 1. The molecular weight excluding hydrogens is 300 g/mol. The van der Waals surface area contributed by atoms with Gasteiger partial charge in [0.25, 0.3) is 0 Å². The average molecular weight is 321 g/mol. The molecule has 1 aromatic rings. The fraction of sp³-hybridized carbons (Fsp3) is 0.750. The zero-order chi connectivity index (χ0) is 15.1. The number of halogens is 1. The Kier molecular flexibility index (Phi) is 4.44. The minimum Gasteiger partial charge on any atom is -0.328 e. The van der Waals surface area contributed by atoms with Gasteiger partial charge in [-0.3, -0.25) is 4.68 Å². The van der Waals surface area contributed by atoms with Gasteiger partial charge < -0.3 is 5.73 Å². The number of hydrogen-bond donors (Lipinski definition) is 1. The Bertz CT molecular complexity index is 597. The van der Waals surface area contributed by atoms with Crippen LogP contribution in [0.1, 0.15) is 25.5 Å². The number of sulfonamides is 1. The fourth-order valence-corrected chi connectivity index (χ4v) is 4.90. The number of rotatable bonds is 3. The summed E-state index contributed by atoms with van der Waals surface area (Å²) in [5.41, 5.74) is 6.34. The van der Waals surface area contributed by atoms with Gasteiger partial charge in [0.2, 0.25) is 10.0 Å². The zero-order valence-corrected chi connectivity index (χ0v) is 13.6. The van der Waals surface area contributed by atoms with Crippen molar-refractivity contribution in [2.75, 3.05) is 13.1 Å². The molecule has 0 spiro atoms. The largest absolute Gasteiger partial charge is 0.328 e. The van der Waals surface area contributed by atoms with Crippen molar-refractivity contribution in [2.45, 2.75) is 37.6 Å². The third-order valence-electron chi connectivity index (χ3n) is 3.86. The van der Waals surface area contributed by atoms with Gasteiger partial charge >= 0.3 is 0 Å². The summed E-state index contributed by atoms with van der Waals surface area (Å²) in [5, 5.41) is 4.24. The molecule has 1 aliphatic rings. The number of aromatic nitrogens is 2. The van der Waals surface area contributed by atoms with Crippen molar-refractivity contribution in [3.8, 4) is 0 Å². The third-order valence-corrected chi connectivity index (χ3v) is 6.42. The van der Waals surface area contributed by atoms with Crippen molar-refractivity contribution < 1.29 is 8.42 Å². The highest BCUT2D eigenvalue weighted by atomic mass is 35.5. The molecule has 2 N–H and O–H groups in total. The lowest BCUT2D eigenvalue weighted by Gasteiger charge is -2.33. The Morgan fingerprint density at radius 3 is 2.65 bits per heavy atom. The maximum absolute atomic E-state index is 12.8. The number of hydrogen-bond acceptors (Lipinski definition) is 4. The number of piperidine rings is 1. The van der Waals surface area contributed by atoms with Gasteiger partial charge in [0.05, 0.1) is 5.69 Å². The summed E-state index contributed by atoms with van der Waals surface area (Å²) in [4.78, 5) is 0.118. The van der Waals surface area contributed by atoms with Gasteiger partial charge in [-0.25, -0.2) is 8.42 Å². The maximum Gasteiger partial charge on any atom is 0.248 e. The molecule has 2 rings (SSSR count). The van der Waals surface area contributed by atoms with Crippen molar-refractivity contribution in [3.05, 3.63) is 10.8 Å². The van der Waals surface area contributed by atoms with Crippen LogP contribution in [0.3, 0.4) is 0 Å². The van der Waals surface area contributed by atoms with E-state index >= 15 is 0 Å². The Balaban J connectivity index is 2.35. The zero-order valence-electron chi connectivity index (χ0n) is 12.0. The molecule has 6 nitrogen and oxygen atoms in total. The lowest BCUT2D eigenvalue weighted by Crippen LogP contribution is -2.45. The van der Waals surface area contributed by atoms with Crippen LogP contribution in [0.5, 0.6) is 0 Å². The van der Waals surface area contributed by atoms with E-state index in [1.54, 1.807) is 14.0 Å². The number of aryl methyl sites for hydroxylation is 2. The SMILES string of the molecule is Cc1nn(C)c(Cl)c1S(=O)(=O)N1CCC[C@@H]([C@H](C)N)C1. The van der Waals surface area contributed by atoms with Gasteiger partial charge in [0, 0.05) is 26.2 Å². The lowest BCUT2D eigenvalue weighted by molar-refractivity contribution is 0.243. The molecule has 20 heavy (non-hydrogen) atoms. The molecule has 2 atom stereocenters. The Hall–Kier alpha value is -0.630. The topological polar surface area (TPSA) is 81.2 Å². The van der Waals surface area contributed by atoms with Crippen LogP contribution < -0.4 is 5.73 Å². The van der Waals surface area contributed by atoms with E-state index in [-0.39, 0.29) is 22.0 Å². The van der Waals surface area contributed by atoms with Crippen molar-refractivity contribution in [2.24, 2.45) is 18.7 Å². The fourth-order valence-electron chi connectivity index (χ4n) is 2.65. The second-order valence-corrected chi connectivity index (χ2v) is 7.69. The Morgan fingerprint density at radius 1 is 1.50 bits per heavy atom. The lowest BCUT2D eigenvalue weighted by atomic mass is 9.93. The van der Waals surface area contributed by atoms with Crippen LogP contribution in [0.2, 0.25) is 5.15 Å². The molecule has 0 amide bonds. The van der Waals surface area contributed by atoms with E-state index in [4.69, 9.17) is 17.3 Å². The van der Waals surface area contributed by atoms with E-state index in [9.17, 15) is 8.42 Å². The second-order valence-electron chi connectivity index (χ2n) is 5.45. The van der Waals surface area contributed by atoms with Crippen molar-refractivity contribution in [1.29, 1.82) is 0 Å². The predicted octanol–water partition coefficient (Wildman–Crippen LogP) is 1.13. The van der Waals surface area contributed by atoms with Crippen LogP contribution in [-0.4, -0.2) is 41.6 Å². The minimum absolute atomic E-state index is 0.0153. The molecule has 0 bridgehead atoms. The summed E-state index contributed by atoms with van der Waals surface area (Å²) in [6.07, 6.45) is 1.78. The molecule has 0 aliphatic carbocycles. The Labute approximate surface area is 124 Å². The van der Waals surface area contributed by atoms with Gasteiger partial charge in [-0.1, -0.05) is 11.6 Å². The molecule has 114 valence electrons. The van der Waals surface area contributed by atoms with Gasteiger partial charge in [0.15, 0.2) is 0 Å². The van der Waals surface area contributed by atoms with E-state index in [0.717, 1.165) is 12.8 Å². The smallest absolute Gasteiger partial charge is 0.248 e. The molecule has 0 aromatic carbocycles. The van der Waals surface area contributed by atoms with E-state index in [2.05, 4.69) is 5.10 Å². The van der Waals surface area contributed by atoms with E-state index in [0.29, 0.717) is 18.8 Å². The van der Waals surface area contributed by atoms with Crippen molar-refractivity contribution in [3.63, 3.8) is 0 Å². The molecule has 8 heteroatoms.